The molecule has 1 fully saturated rings. The van der Waals surface area contributed by atoms with Crippen LogP contribution in [0, 0.1) is 0 Å². The van der Waals surface area contributed by atoms with Crippen LogP contribution in [0.1, 0.15) is 31.6 Å². The van der Waals surface area contributed by atoms with Gasteiger partial charge in [0.15, 0.2) is 6.61 Å². The van der Waals surface area contributed by atoms with Gasteiger partial charge in [-0.1, -0.05) is 23.7 Å². The standard InChI is InChI=1S/C18H23N3O4/c22-17(23)13-24-15-7-4-6-14(12-15)18-19-16(25-20-18)8-5-11-21-9-2-1-3-10-21/h4,6-7,12H,1-3,5,8-11,13H2,(H,22,23). The van der Waals surface area contributed by atoms with E-state index in [1.807, 2.05) is 6.07 Å². The molecule has 1 aliphatic heterocycles. The summed E-state index contributed by atoms with van der Waals surface area (Å²) in [6, 6.07) is 7.03. The molecule has 7 heteroatoms. The molecule has 2 heterocycles. The number of ether oxygens (including phenoxy) is 1. The molecule has 3 rings (SSSR count). The van der Waals surface area contributed by atoms with Gasteiger partial charge in [-0.25, -0.2) is 4.79 Å². The van der Waals surface area contributed by atoms with Gasteiger partial charge in [-0.3, -0.25) is 0 Å². The SMILES string of the molecule is O=C(O)COc1cccc(-c2noc(CCCN3CCCCC3)n2)c1. The monoisotopic (exact) mass is 345 g/mol. The van der Waals surface area contributed by atoms with Gasteiger partial charge in [-0.2, -0.15) is 4.98 Å². The van der Waals surface area contributed by atoms with Crippen molar-refractivity contribution >= 4 is 5.97 Å². The summed E-state index contributed by atoms with van der Waals surface area (Å²) in [7, 11) is 0. The highest BCUT2D eigenvalue weighted by molar-refractivity contribution is 5.68. The van der Waals surface area contributed by atoms with Crippen molar-refractivity contribution in [2.75, 3.05) is 26.2 Å². The number of aliphatic carboxylic acids is 1. The molecule has 0 aliphatic carbocycles. The molecule has 1 saturated heterocycles. The number of hydrogen-bond donors (Lipinski definition) is 1. The molecule has 0 atom stereocenters. The molecule has 0 amide bonds. The maximum Gasteiger partial charge on any atom is 0.341 e. The highest BCUT2D eigenvalue weighted by atomic mass is 16.5. The molecule has 2 aromatic rings. The van der Waals surface area contributed by atoms with Crippen LogP contribution in [0.2, 0.25) is 0 Å². The van der Waals surface area contributed by atoms with Crippen molar-refractivity contribution in [3.05, 3.63) is 30.2 Å². The number of aromatic nitrogens is 2. The molecule has 7 nitrogen and oxygen atoms in total. The fraction of sp³-hybridized carbons (Fsp3) is 0.500. The summed E-state index contributed by atoms with van der Waals surface area (Å²) in [5.74, 6) is 0.579. The van der Waals surface area contributed by atoms with Crippen molar-refractivity contribution in [3.63, 3.8) is 0 Å². The minimum Gasteiger partial charge on any atom is -0.482 e. The Kier molecular flexibility index (Phi) is 6.00. The molecule has 0 bridgehead atoms. The van der Waals surface area contributed by atoms with Crippen molar-refractivity contribution < 1.29 is 19.2 Å². The predicted molar refractivity (Wildman–Crippen MR) is 91.5 cm³/mol. The lowest BCUT2D eigenvalue weighted by atomic mass is 10.1. The first-order valence-corrected chi connectivity index (χ1v) is 8.71. The molecule has 0 saturated carbocycles. The first-order valence-electron chi connectivity index (χ1n) is 8.71. The van der Waals surface area contributed by atoms with Crippen molar-refractivity contribution in [1.82, 2.24) is 15.0 Å². The Morgan fingerprint density at radius 2 is 2.12 bits per heavy atom. The number of likely N-dealkylation sites (tertiary alicyclic amines) is 1. The molecule has 1 aromatic carbocycles. The Morgan fingerprint density at radius 1 is 1.28 bits per heavy atom. The van der Waals surface area contributed by atoms with Crippen LogP contribution in [-0.4, -0.2) is 52.4 Å². The summed E-state index contributed by atoms with van der Waals surface area (Å²) >= 11 is 0. The maximum atomic E-state index is 10.6. The number of benzene rings is 1. The number of nitrogens with zero attached hydrogens (tertiary/aromatic N) is 3. The van der Waals surface area contributed by atoms with Crippen molar-refractivity contribution in [1.29, 1.82) is 0 Å². The smallest absolute Gasteiger partial charge is 0.341 e. The van der Waals surface area contributed by atoms with Crippen LogP contribution in [0.4, 0.5) is 0 Å². The maximum absolute atomic E-state index is 10.6. The summed E-state index contributed by atoms with van der Waals surface area (Å²) < 4.78 is 10.5. The Balaban J connectivity index is 1.53. The van der Waals surface area contributed by atoms with Crippen LogP contribution >= 0.6 is 0 Å². The van der Waals surface area contributed by atoms with Crippen LogP contribution in [0.15, 0.2) is 28.8 Å². The molecule has 1 aromatic heterocycles. The Morgan fingerprint density at radius 3 is 2.92 bits per heavy atom. The van der Waals surface area contributed by atoms with Crippen molar-refractivity contribution in [2.24, 2.45) is 0 Å². The lowest BCUT2D eigenvalue weighted by Crippen LogP contribution is -2.30. The third-order valence-electron chi connectivity index (χ3n) is 4.24. The molecule has 0 spiro atoms. The largest absolute Gasteiger partial charge is 0.482 e. The van der Waals surface area contributed by atoms with E-state index in [-0.39, 0.29) is 6.61 Å². The molecular formula is C18H23N3O4. The summed E-state index contributed by atoms with van der Waals surface area (Å²) in [6.45, 7) is 3.07. The first-order chi connectivity index (χ1) is 12.2. The average molecular weight is 345 g/mol. The lowest BCUT2D eigenvalue weighted by Gasteiger charge is -2.25. The number of carboxylic acids is 1. The molecular weight excluding hydrogens is 322 g/mol. The number of hydrogen-bond acceptors (Lipinski definition) is 6. The van der Waals surface area contributed by atoms with E-state index in [2.05, 4.69) is 15.0 Å². The van der Waals surface area contributed by atoms with Gasteiger partial charge >= 0.3 is 5.97 Å². The lowest BCUT2D eigenvalue weighted by molar-refractivity contribution is -0.139. The van der Waals surface area contributed by atoms with E-state index in [0.717, 1.165) is 24.9 Å². The minimum absolute atomic E-state index is 0.378. The number of rotatable bonds is 8. The average Bonchev–Trinajstić information content (AvgIpc) is 3.10. The highest BCUT2D eigenvalue weighted by Crippen LogP contribution is 2.22. The Bertz CT molecular complexity index is 695. The number of carbonyl (C=O) groups is 1. The molecule has 1 aliphatic rings. The molecule has 25 heavy (non-hydrogen) atoms. The highest BCUT2D eigenvalue weighted by Gasteiger charge is 2.12. The second kappa shape index (κ2) is 8.62. The number of carboxylic acid groups (broad SMARTS) is 1. The van der Waals surface area contributed by atoms with Gasteiger partial charge in [0.05, 0.1) is 0 Å². The van der Waals surface area contributed by atoms with Crippen LogP contribution in [-0.2, 0) is 11.2 Å². The summed E-state index contributed by atoms with van der Waals surface area (Å²) in [6.07, 6.45) is 5.71. The van der Waals surface area contributed by atoms with Crippen LogP contribution < -0.4 is 4.74 Å². The number of aryl methyl sites for hydroxylation is 1. The van der Waals surface area contributed by atoms with Gasteiger partial charge in [0.2, 0.25) is 11.7 Å². The van der Waals surface area contributed by atoms with Gasteiger partial charge in [-0.15, -0.1) is 0 Å². The summed E-state index contributed by atoms with van der Waals surface area (Å²) in [5, 5.41) is 12.7. The zero-order valence-electron chi connectivity index (χ0n) is 14.2. The topological polar surface area (TPSA) is 88.7 Å². The molecule has 0 unspecified atom stereocenters. The predicted octanol–water partition coefficient (Wildman–Crippen LogP) is 2.62. The van der Waals surface area contributed by atoms with Crippen LogP contribution in [0.25, 0.3) is 11.4 Å². The third kappa shape index (κ3) is 5.29. The molecule has 0 radical (unpaired) electrons. The quantitative estimate of drug-likeness (QED) is 0.786. The second-order valence-corrected chi connectivity index (χ2v) is 6.23. The van der Waals surface area contributed by atoms with E-state index in [1.54, 1.807) is 18.2 Å². The van der Waals surface area contributed by atoms with Crippen LogP contribution in [0.5, 0.6) is 5.75 Å². The summed E-state index contributed by atoms with van der Waals surface area (Å²) in [5.41, 5.74) is 0.744. The number of piperidine rings is 1. The zero-order chi connectivity index (χ0) is 17.5. The van der Waals surface area contributed by atoms with E-state index in [4.69, 9.17) is 14.4 Å². The fourth-order valence-electron chi connectivity index (χ4n) is 2.98. The minimum atomic E-state index is -1.01. The van der Waals surface area contributed by atoms with E-state index < -0.39 is 5.97 Å². The second-order valence-electron chi connectivity index (χ2n) is 6.23. The normalized spacial score (nSPS) is 15.2. The molecule has 1 N–H and O–H groups in total. The van der Waals surface area contributed by atoms with Gasteiger partial charge in [0.1, 0.15) is 5.75 Å². The van der Waals surface area contributed by atoms with E-state index in [1.165, 1.54) is 32.4 Å². The summed E-state index contributed by atoms with van der Waals surface area (Å²) in [4.78, 5) is 17.5. The van der Waals surface area contributed by atoms with Crippen molar-refractivity contribution in [3.8, 4) is 17.1 Å². The molecule has 134 valence electrons. The van der Waals surface area contributed by atoms with E-state index in [0.29, 0.717) is 17.5 Å². The third-order valence-corrected chi connectivity index (χ3v) is 4.24. The van der Waals surface area contributed by atoms with E-state index >= 15 is 0 Å². The van der Waals surface area contributed by atoms with E-state index in [9.17, 15) is 4.79 Å². The van der Waals surface area contributed by atoms with Gasteiger partial charge in [-0.05, 0) is 51.0 Å². The Hall–Kier alpha value is -2.41. The fourth-order valence-corrected chi connectivity index (χ4v) is 2.98. The van der Waals surface area contributed by atoms with Gasteiger partial charge in [0.25, 0.3) is 0 Å². The van der Waals surface area contributed by atoms with Crippen molar-refractivity contribution in [2.45, 2.75) is 32.1 Å². The van der Waals surface area contributed by atoms with Gasteiger partial charge in [0, 0.05) is 12.0 Å². The Labute approximate surface area is 146 Å². The van der Waals surface area contributed by atoms with Gasteiger partial charge < -0.3 is 19.3 Å². The van der Waals surface area contributed by atoms with Crippen LogP contribution in [0.3, 0.4) is 0 Å². The first kappa shape index (κ1) is 17.4. The zero-order valence-corrected chi connectivity index (χ0v) is 14.2.